The number of ether oxygens (including phenoxy) is 2. The Hall–Kier alpha value is -2.35. The van der Waals surface area contributed by atoms with E-state index in [0.717, 1.165) is 0 Å². The second kappa shape index (κ2) is 7.04. The van der Waals surface area contributed by atoms with Gasteiger partial charge in [0.1, 0.15) is 5.25 Å². The first-order valence-corrected chi connectivity index (χ1v) is 8.38. The van der Waals surface area contributed by atoms with Crippen LogP contribution < -0.4 is 5.56 Å². The Labute approximate surface area is 142 Å². The van der Waals surface area contributed by atoms with Gasteiger partial charge in [-0.05, 0) is 12.1 Å². The lowest BCUT2D eigenvalue weighted by Crippen LogP contribution is -2.26. The number of nitrogens with zero attached hydrogens (tertiary/aromatic N) is 2. The average Bonchev–Trinajstić information content (AvgIpc) is 2.99. The van der Waals surface area contributed by atoms with E-state index in [1.165, 1.54) is 23.4 Å². The fourth-order valence-corrected chi connectivity index (χ4v) is 3.54. The van der Waals surface area contributed by atoms with E-state index in [2.05, 4.69) is 9.72 Å². The molecule has 8 heteroatoms. The maximum Gasteiger partial charge on any atom is 0.319 e. The Bertz CT molecular complexity index is 848. The number of methoxy groups -OCH3 is 1. The van der Waals surface area contributed by atoms with Crippen molar-refractivity contribution in [1.82, 2.24) is 9.55 Å². The van der Waals surface area contributed by atoms with Gasteiger partial charge in [-0.2, -0.15) is 0 Å². The Morgan fingerprint density at radius 2 is 2.21 bits per heavy atom. The lowest BCUT2D eigenvalue weighted by Gasteiger charge is -2.14. The highest BCUT2D eigenvalue weighted by molar-refractivity contribution is 8.00. The number of esters is 2. The number of benzene rings is 1. The summed E-state index contributed by atoms with van der Waals surface area (Å²) in [6.07, 6.45) is 0.627. The predicted octanol–water partition coefficient (Wildman–Crippen LogP) is 1.37. The predicted molar refractivity (Wildman–Crippen MR) is 87.9 cm³/mol. The third kappa shape index (κ3) is 3.28. The summed E-state index contributed by atoms with van der Waals surface area (Å²) in [5.41, 5.74) is 0.323. The van der Waals surface area contributed by atoms with E-state index in [9.17, 15) is 14.4 Å². The highest BCUT2D eigenvalue weighted by atomic mass is 32.2. The summed E-state index contributed by atoms with van der Waals surface area (Å²) >= 11 is 1.20. The van der Waals surface area contributed by atoms with Gasteiger partial charge in [0.15, 0.2) is 5.16 Å². The number of thioether (sulfide) groups is 1. The molecule has 0 amide bonds. The zero-order valence-corrected chi connectivity index (χ0v) is 13.9. The summed E-state index contributed by atoms with van der Waals surface area (Å²) in [7, 11) is 1.30. The maximum absolute atomic E-state index is 12.7. The van der Waals surface area contributed by atoms with E-state index in [1.807, 2.05) is 0 Å². The van der Waals surface area contributed by atoms with Crippen molar-refractivity contribution < 1.29 is 19.1 Å². The molecule has 1 atom stereocenters. The highest BCUT2D eigenvalue weighted by Gasteiger charge is 2.29. The van der Waals surface area contributed by atoms with Crippen LogP contribution in [0.3, 0.4) is 0 Å². The van der Waals surface area contributed by atoms with Crippen LogP contribution >= 0.6 is 11.8 Å². The van der Waals surface area contributed by atoms with Crippen LogP contribution in [0.5, 0.6) is 0 Å². The van der Waals surface area contributed by atoms with Gasteiger partial charge >= 0.3 is 11.9 Å². The number of rotatable bonds is 5. The molecule has 0 unspecified atom stereocenters. The molecule has 0 spiro atoms. The normalized spacial score (nSPS) is 17.0. The molecule has 24 heavy (non-hydrogen) atoms. The summed E-state index contributed by atoms with van der Waals surface area (Å²) in [5.74, 6) is -0.715. The van der Waals surface area contributed by atoms with Crippen LogP contribution in [0.4, 0.5) is 0 Å². The fraction of sp³-hybridized carbons (Fsp3) is 0.375. The van der Waals surface area contributed by atoms with Crippen molar-refractivity contribution in [2.24, 2.45) is 0 Å². The molecule has 3 rings (SSSR count). The first-order chi connectivity index (χ1) is 11.6. The Balaban J connectivity index is 2.01. The molecule has 0 N–H and O–H groups in total. The van der Waals surface area contributed by atoms with Crippen molar-refractivity contribution in [1.29, 1.82) is 0 Å². The van der Waals surface area contributed by atoms with Crippen molar-refractivity contribution in [3.63, 3.8) is 0 Å². The van der Waals surface area contributed by atoms with E-state index in [-0.39, 0.29) is 29.7 Å². The van der Waals surface area contributed by atoms with Crippen LogP contribution in [0.15, 0.2) is 34.2 Å². The number of hydrogen-bond acceptors (Lipinski definition) is 7. The lowest BCUT2D eigenvalue weighted by molar-refractivity contribution is -0.141. The van der Waals surface area contributed by atoms with Gasteiger partial charge in [0, 0.05) is 13.0 Å². The molecular formula is C16H16N2O5S. The molecule has 126 valence electrons. The average molecular weight is 348 g/mol. The molecule has 0 bridgehead atoms. The number of para-hydroxylation sites is 1. The van der Waals surface area contributed by atoms with Gasteiger partial charge in [0.05, 0.1) is 31.0 Å². The van der Waals surface area contributed by atoms with E-state index in [1.54, 1.807) is 24.3 Å². The second-order valence-electron chi connectivity index (χ2n) is 5.26. The molecule has 1 aromatic heterocycles. The first-order valence-electron chi connectivity index (χ1n) is 7.50. The van der Waals surface area contributed by atoms with Crippen LogP contribution in [0.2, 0.25) is 0 Å². The van der Waals surface area contributed by atoms with E-state index >= 15 is 0 Å². The van der Waals surface area contributed by atoms with Crippen LogP contribution in [0.1, 0.15) is 12.8 Å². The molecule has 0 saturated carbocycles. The molecule has 7 nitrogen and oxygen atoms in total. The second-order valence-corrected chi connectivity index (χ2v) is 6.43. The molecule has 2 heterocycles. The smallest absolute Gasteiger partial charge is 0.319 e. The van der Waals surface area contributed by atoms with Crippen molar-refractivity contribution in [3.8, 4) is 0 Å². The minimum atomic E-state index is -0.411. The highest BCUT2D eigenvalue weighted by Crippen LogP contribution is 2.28. The summed E-state index contributed by atoms with van der Waals surface area (Å²) in [6, 6.07) is 7.00. The first kappa shape index (κ1) is 16.5. The third-order valence-corrected chi connectivity index (χ3v) is 4.96. The van der Waals surface area contributed by atoms with Gasteiger partial charge in [-0.25, -0.2) is 4.98 Å². The summed E-state index contributed by atoms with van der Waals surface area (Å²) < 4.78 is 11.0. The molecule has 1 saturated heterocycles. The largest absolute Gasteiger partial charge is 0.469 e. The quantitative estimate of drug-likeness (QED) is 0.595. The number of carbonyl (C=O) groups excluding carboxylic acids is 2. The molecule has 2 aromatic rings. The number of fused-ring (bicyclic) bond motifs is 1. The molecular weight excluding hydrogens is 332 g/mol. The molecule has 1 aromatic carbocycles. The zero-order valence-electron chi connectivity index (χ0n) is 13.1. The van der Waals surface area contributed by atoms with Gasteiger partial charge < -0.3 is 9.47 Å². The van der Waals surface area contributed by atoms with Gasteiger partial charge in [-0.1, -0.05) is 23.9 Å². The minimum absolute atomic E-state index is 0.0547. The van der Waals surface area contributed by atoms with Gasteiger partial charge in [-0.3, -0.25) is 19.0 Å². The van der Waals surface area contributed by atoms with E-state index < -0.39 is 5.97 Å². The number of hydrogen-bond donors (Lipinski definition) is 0. The summed E-state index contributed by atoms with van der Waals surface area (Å²) in [5, 5.41) is 0.495. The lowest BCUT2D eigenvalue weighted by atomic mass is 10.2. The monoisotopic (exact) mass is 348 g/mol. The molecule has 1 aliphatic heterocycles. The SMILES string of the molecule is COC(=O)CCn1c(S[C@H]2CCOC2=O)nc2ccccc2c1=O. The van der Waals surface area contributed by atoms with Crippen LogP contribution in [0, 0.1) is 0 Å². The van der Waals surface area contributed by atoms with Crippen LogP contribution in [-0.4, -0.2) is 40.5 Å². The molecule has 0 radical (unpaired) electrons. The van der Waals surface area contributed by atoms with Crippen LogP contribution in [-0.2, 0) is 25.6 Å². The Kier molecular flexibility index (Phi) is 4.84. The topological polar surface area (TPSA) is 87.5 Å². The van der Waals surface area contributed by atoms with Crippen LogP contribution in [0.25, 0.3) is 10.9 Å². The minimum Gasteiger partial charge on any atom is -0.469 e. The Morgan fingerprint density at radius 1 is 1.42 bits per heavy atom. The zero-order chi connectivity index (χ0) is 17.1. The van der Waals surface area contributed by atoms with E-state index in [0.29, 0.717) is 29.1 Å². The van der Waals surface area contributed by atoms with Crippen molar-refractivity contribution in [3.05, 3.63) is 34.6 Å². The number of aromatic nitrogens is 2. The third-order valence-electron chi connectivity index (χ3n) is 3.73. The molecule has 1 fully saturated rings. The maximum atomic E-state index is 12.7. The van der Waals surface area contributed by atoms with Gasteiger partial charge in [0.25, 0.3) is 5.56 Å². The van der Waals surface area contributed by atoms with Gasteiger partial charge in [-0.15, -0.1) is 0 Å². The van der Waals surface area contributed by atoms with E-state index in [4.69, 9.17) is 4.74 Å². The van der Waals surface area contributed by atoms with Gasteiger partial charge in [0.2, 0.25) is 0 Å². The van der Waals surface area contributed by atoms with Crippen molar-refractivity contribution in [2.45, 2.75) is 29.8 Å². The number of cyclic esters (lactones) is 1. The summed E-state index contributed by atoms with van der Waals surface area (Å²) in [4.78, 5) is 40.4. The number of carbonyl (C=O) groups is 2. The van der Waals surface area contributed by atoms with Crippen molar-refractivity contribution in [2.75, 3.05) is 13.7 Å². The summed E-state index contributed by atoms with van der Waals surface area (Å²) in [6.45, 7) is 0.518. The standard InChI is InChI=1S/C16H16N2O5S/c1-22-13(19)6-8-18-14(20)10-4-2-3-5-11(10)17-16(18)24-12-7-9-23-15(12)21/h2-5,12H,6-9H2,1H3/t12-/m0/s1. The molecule has 1 aliphatic rings. The van der Waals surface area contributed by atoms with Crippen molar-refractivity contribution >= 4 is 34.6 Å². The Morgan fingerprint density at radius 3 is 2.92 bits per heavy atom. The fourth-order valence-electron chi connectivity index (χ4n) is 2.45. The molecule has 0 aliphatic carbocycles.